The molecule has 7 heteroatoms. The predicted octanol–water partition coefficient (Wildman–Crippen LogP) is 1.78. The van der Waals surface area contributed by atoms with Gasteiger partial charge in [0.1, 0.15) is 24.2 Å². The van der Waals surface area contributed by atoms with E-state index in [0.29, 0.717) is 12.8 Å². The van der Waals surface area contributed by atoms with Crippen molar-refractivity contribution in [3.05, 3.63) is 42.2 Å². The molecular weight excluding hydrogens is 299 g/mol. The Morgan fingerprint density at radius 1 is 1.43 bits per heavy atom. The zero-order valence-corrected chi connectivity index (χ0v) is 12.9. The van der Waals surface area contributed by atoms with Crippen LogP contribution in [0.5, 0.6) is 0 Å². The van der Waals surface area contributed by atoms with Gasteiger partial charge >= 0.3 is 0 Å². The SMILES string of the molecule is CN(CC1(O)CCCC1)C(=O)c1ccc(-n2cncn2)c(F)c1. The van der Waals surface area contributed by atoms with E-state index in [0.717, 1.165) is 12.8 Å². The lowest BCUT2D eigenvalue weighted by molar-refractivity contribution is 0.0156. The van der Waals surface area contributed by atoms with Crippen LogP contribution in [0.1, 0.15) is 36.0 Å². The molecule has 1 heterocycles. The number of halogens is 1. The minimum absolute atomic E-state index is 0.233. The molecule has 1 aliphatic carbocycles. The maximum absolute atomic E-state index is 14.2. The van der Waals surface area contributed by atoms with Crippen LogP contribution < -0.4 is 0 Å². The average molecular weight is 318 g/mol. The molecule has 122 valence electrons. The van der Waals surface area contributed by atoms with Gasteiger partial charge < -0.3 is 10.0 Å². The highest BCUT2D eigenvalue weighted by atomic mass is 19.1. The van der Waals surface area contributed by atoms with E-state index in [4.69, 9.17) is 0 Å². The number of nitrogens with zero attached hydrogens (tertiary/aromatic N) is 4. The van der Waals surface area contributed by atoms with Crippen LogP contribution in [0.25, 0.3) is 5.69 Å². The molecule has 0 atom stereocenters. The predicted molar refractivity (Wildman–Crippen MR) is 81.7 cm³/mol. The second-order valence-electron chi connectivity index (χ2n) is 6.10. The number of aromatic nitrogens is 3. The van der Waals surface area contributed by atoms with Crippen LogP contribution in [0.3, 0.4) is 0 Å². The van der Waals surface area contributed by atoms with Crippen LogP contribution in [-0.2, 0) is 0 Å². The van der Waals surface area contributed by atoms with E-state index in [1.54, 1.807) is 13.1 Å². The summed E-state index contributed by atoms with van der Waals surface area (Å²) < 4.78 is 15.5. The lowest BCUT2D eigenvalue weighted by atomic mass is 10.0. The Morgan fingerprint density at radius 3 is 2.78 bits per heavy atom. The summed E-state index contributed by atoms with van der Waals surface area (Å²) in [7, 11) is 1.63. The number of hydrogen-bond acceptors (Lipinski definition) is 4. The Hall–Kier alpha value is -2.28. The molecule has 0 bridgehead atoms. The van der Waals surface area contributed by atoms with Crippen molar-refractivity contribution in [2.24, 2.45) is 0 Å². The van der Waals surface area contributed by atoms with Crippen LogP contribution >= 0.6 is 0 Å². The molecule has 1 aromatic heterocycles. The van der Waals surface area contributed by atoms with Gasteiger partial charge in [-0.1, -0.05) is 12.8 Å². The molecule has 6 nitrogen and oxygen atoms in total. The monoisotopic (exact) mass is 318 g/mol. The number of likely N-dealkylation sites (N-methyl/N-ethyl adjacent to an activating group) is 1. The van der Waals surface area contributed by atoms with Crippen molar-refractivity contribution in [2.45, 2.75) is 31.3 Å². The van der Waals surface area contributed by atoms with E-state index in [1.807, 2.05) is 0 Å². The third kappa shape index (κ3) is 3.24. The van der Waals surface area contributed by atoms with Crippen LogP contribution in [-0.4, -0.2) is 49.9 Å². The Balaban J connectivity index is 1.76. The standard InChI is InChI=1S/C16H19FN4O2/c1-20(9-16(23)6-2-3-7-16)15(22)12-4-5-14(13(17)8-12)21-11-18-10-19-21/h4-5,8,10-11,23H,2-3,6-7,9H2,1H3. The van der Waals surface area contributed by atoms with Crippen molar-refractivity contribution in [3.8, 4) is 5.69 Å². The van der Waals surface area contributed by atoms with Gasteiger partial charge in [0.25, 0.3) is 5.91 Å². The minimum Gasteiger partial charge on any atom is -0.388 e. The highest BCUT2D eigenvalue weighted by Crippen LogP contribution is 2.30. The Kier molecular flexibility index (Phi) is 4.12. The smallest absolute Gasteiger partial charge is 0.253 e. The van der Waals surface area contributed by atoms with Gasteiger partial charge in [-0.3, -0.25) is 4.79 Å². The maximum Gasteiger partial charge on any atom is 0.253 e. The Bertz CT molecular complexity index is 696. The van der Waals surface area contributed by atoms with E-state index in [-0.39, 0.29) is 23.7 Å². The summed E-state index contributed by atoms with van der Waals surface area (Å²) in [5, 5.41) is 14.3. The van der Waals surface area contributed by atoms with Crippen LogP contribution in [0.2, 0.25) is 0 Å². The zero-order valence-electron chi connectivity index (χ0n) is 12.9. The maximum atomic E-state index is 14.2. The van der Waals surface area contributed by atoms with Crippen molar-refractivity contribution in [1.82, 2.24) is 19.7 Å². The van der Waals surface area contributed by atoms with Gasteiger partial charge in [0.2, 0.25) is 0 Å². The molecule has 1 aliphatic rings. The number of carbonyl (C=O) groups is 1. The van der Waals surface area contributed by atoms with E-state index in [1.165, 1.54) is 34.4 Å². The molecule has 23 heavy (non-hydrogen) atoms. The topological polar surface area (TPSA) is 71.2 Å². The van der Waals surface area contributed by atoms with Crippen molar-refractivity contribution >= 4 is 5.91 Å². The van der Waals surface area contributed by atoms with E-state index >= 15 is 0 Å². The first-order valence-corrected chi connectivity index (χ1v) is 7.61. The van der Waals surface area contributed by atoms with Gasteiger partial charge in [0, 0.05) is 19.2 Å². The van der Waals surface area contributed by atoms with Crippen molar-refractivity contribution in [1.29, 1.82) is 0 Å². The van der Waals surface area contributed by atoms with Gasteiger partial charge in [-0.2, -0.15) is 5.10 Å². The molecule has 1 aromatic carbocycles. The molecule has 2 aromatic rings. The fourth-order valence-corrected chi connectivity index (χ4v) is 3.08. The Morgan fingerprint density at radius 2 is 2.17 bits per heavy atom. The van der Waals surface area contributed by atoms with Gasteiger partial charge in [-0.25, -0.2) is 14.1 Å². The second-order valence-corrected chi connectivity index (χ2v) is 6.10. The Labute approximate surface area is 133 Å². The third-order valence-corrected chi connectivity index (χ3v) is 4.27. The first-order valence-electron chi connectivity index (χ1n) is 7.61. The van der Waals surface area contributed by atoms with E-state index < -0.39 is 11.4 Å². The lowest BCUT2D eigenvalue weighted by Crippen LogP contribution is -2.42. The van der Waals surface area contributed by atoms with Crippen molar-refractivity contribution < 1.29 is 14.3 Å². The van der Waals surface area contributed by atoms with Gasteiger partial charge in [0.05, 0.1) is 5.60 Å². The molecule has 1 amide bonds. The first-order chi connectivity index (χ1) is 11.0. The molecule has 0 radical (unpaired) electrons. The van der Waals surface area contributed by atoms with Crippen LogP contribution in [0, 0.1) is 5.82 Å². The molecule has 0 saturated heterocycles. The van der Waals surface area contributed by atoms with E-state index in [9.17, 15) is 14.3 Å². The second kappa shape index (κ2) is 6.08. The fraction of sp³-hybridized carbons (Fsp3) is 0.438. The number of hydrogen-bond donors (Lipinski definition) is 1. The molecule has 1 N–H and O–H groups in total. The number of carbonyl (C=O) groups excluding carboxylic acids is 1. The molecule has 1 saturated carbocycles. The highest BCUT2D eigenvalue weighted by molar-refractivity contribution is 5.94. The normalized spacial score (nSPS) is 16.5. The van der Waals surface area contributed by atoms with Crippen LogP contribution in [0.15, 0.2) is 30.9 Å². The summed E-state index contributed by atoms with van der Waals surface area (Å²) in [6.45, 7) is 0.262. The van der Waals surface area contributed by atoms with Crippen LogP contribution in [0.4, 0.5) is 4.39 Å². The van der Waals surface area contributed by atoms with Crippen molar-refractivity contribution in [2.75, 3.05) is 13.6 Å². The molecule has 3 rings (SSSR count). The third-order valence-electron chi connectivity index (χ3n) is 4.27. The summed E-state index contributed by atoms with van der Waals surface area (Å²) in [5.74, 6) is -0.858. The van der Waals surface area contributed by atoms with E-state index in [2.05, 4.69) is 10.1 Å². The first kappa shape index (κ1) is 15.6. The summed E-state index contributed by atoms with van der Waals surface area (Å²) in [5.41, 5.74) is -0.338. The molecule has 0 aliphatic heterocycles. The average Bonchev–Trinajstić information content (AvgIpc) is 3.18. The van der Waals surface area contributed by atoms with Gasteiger partial charge in [0.15, 0.2) is 0 Å². The quantitative estimate of drug-likeness (QED) is 0.933. The number of aliphatic hydroxyl groups is 1. The number of benzene rings is 1. The van der Waals surface area contributed by atoms with Gasteiger partial charge in [-0.15, -0.1) is 0 Å². The molecule has 0 unspecified atom stereocenters. The fourth-order valence-electron chi connectivity index (χ4n) is 3.08. The number of rotatable bonds is 4. The van der Waals surface area contributed by atoms with Gasteiger partial charge in [-0.05, 0) is 31.0 Å². The largest absolute Gasteiger partial charge is 0.388 e. The summed E-state index contributed by atoms with van der Waals surface area (Å²) in [6.07, 6.45) is 6.05. The number of amides is 1. The molecule has 1 fully saturated rings. The summed E-state index contributed by atoms with van der Waals surface area (Å²) in [6, 6.07) is 4.24. The summed E-state index contributed by atoms with van der Waals surface area (Å²) in [4.78, 5) is 17.7. The molecule has 0 spiro atoms. The lowest BCUT2D eigenvalue weighted by Gasteiger charge is -2.28. The molecular formula is C16H19FN4O2. The highest BCUT2D eigenvalue weighted by Gasteiger charge is 2.33. The van der Waals surface area contributed by atoms with Crippen molar-refractivity contribution in [3.63, 3.8) is 0 Å². The summed E-state index contributed by atoms with van der Waals surface area (Å²) >= 11 is 0. The zero-order chi connectivity index (χ0) is 16.4. The minimum atomic E-state index is -0.816.